The first-order valence-corrected chi connectivity index (χ1v) is 8.81. The number of halogens is 2. The van der Waals surface area contributed by atoms with E-state index in [0.29, 0.717) is 10.0 Å². The van der Waals surface area contributed by atoms with E-state index in [9.17, 15) is 0 Å². The first-order chi connectivity index (χ1) is 11.4. The maximum atomic E-state index is 6.53. The Bertz CT molecular complexity index is 826. The normalized spacial score (nSPS) is 11.7. The van der Waals surface area contributed by atoms with Gasteiger partial charge in [0.25, 0.3) is 0 Å². The molecular formula is C20H20Cl2O2. The second-order valence-corrected chi connectivity index (χ2v) is 7.13. The van der Waals surface area contributed by atoms with Crippen LogP contribution in [0.25, 0.3) is 21.5 Å². The number of ether oxygens (including phenoxy) is 2. The maximum absolute atomic E-state index is 6.53. The first kappa shape index (κ1) is 17.2. The highest BCUT2D eigenvalue weighted by atomic mass is 35.5. The fourth-order valence-corrected chi connectivity index (χ4v) is 3.39. The van der Waals surface area contributed by atoms with Crippen LogP contribution in [0.1, 0.15) is 27.7 Å². The number of fused-ring (bicyclic) bond motifs is 2. The van der Waals surface area contributed by atoms with Gasteiger partial charge in [-0.15, -0.1) is 0 Å². The van der Waals surface area contributed by atoms with Crippen molar-refractivity contribution >= 4 is 44.7 Å². The van der Waals surface area contributed by atoms with Crippen LogP contribution in [-0.4, -0.2) is 12.2 Å². The molecule has 0 radical (unpaired) electrons. The fourth-order valence-electron chi connectivity index (χ4n) is 2.87. The third kappa shape index (κ3) is 3.01. The molecule has 0 heterocycles. The van der Waals surface area contributed by atoms with E-state index >= 15 is 0 Å². The Labute approximate surface area is 152 Å². The second-order valence-electron chi connectivity index (χ2n) is 6.32. The van der Waals surface area contributed by atoms with Crippen LogP contribution in [0.4, 0.5) is 0 Å². The summed E-state index contributed by atoms with van der Waals surface area (Å²) < 4.78 is 12.3. The van der Waals surface area contributed by atoms with E-state index < -0.39 is 0 Å². The average molecular weight is 363 g/mol. The molecule has 24 heavy (non-hydrogen) atoms. The molecule has 0 aliphatic carbocycles. The SMILES string of the molecule is CC(C)Oc1c2cccc(Cl)c2c(OC(C)C)c2cccc(Cl)c12. The van der Waals surface area contributed by atoms with Crippen LogP contribution in [0.2, 0.25) is 10.0 Å². The van der Waals surface area contributed by atoms with Crippen LogP contribution in [0, 0.1) is 0 Å². The highest BCUT2D eigenvalue weighted by Gasteiger charge is 2.21. The van der Waals surface area contributed by atoms with Crippen molar-refractivity contribution in [2.75, 3.05) is 0 Å². The number of hydrogen-bond donors (Lipinski definition) is 0. The largest absolute Gasteiger partial charge is 0.490 e. The molecule has 0 N–H and O–H groups in total. The Morgan fingerprint density at radius 3 is 1.38 bits per heavy atom. The van der Waals surface area contributed by atoms with Gasteiger partial charge in [0.2, 0.25) is 0 Å². The molecule has 3 rings (SSSR count). The summed E-state index contributed by atoms with van der Waals surface area (Å²) in [4.78, 5) is 0. The van der Waals surface area contributed by atoms with Crippen molar-refractivity contribution in [3.8, 4) is 11.5 Å². The molecule has 126 valence electrons. The second kappa shape index (κ2) is 6.70. The van der Waals surface area contributed by atoms with E-state index in [2.05, 4.69) is 0 Å². The van der Waals surface area contributed by atoms with Gasteiger partial charge >= 0.3 is 0 Å². The van der Waals surface area contributed by atoms with E-state index in [1.54, 1.807) is 0 Å². The lowest BCUT2D eigenvalue weighted by atomic mass is 10.00. The van der Waals surface area contributed by atoms with E-state index in [1.807, 2.05) is 64.1 Å². The molecule has 0 aliphatic rings. The zero-order valence-electron chi connectivity index (χ0n) is 14.2. The monoisotopic (exact) mass is 362 g/mol. The Balaban J connectivity index is 2.54. The van der Waals surface area contributed by atoms with Gasteiger partial charge in [-0.3, -0.25) is 0 Å². The molecule has 0 saturated heterocycles. The summed E-state index contributed by atoms with van der Waals surface area (Å²) in [6.45, 7) is 7.99. The molecule has 0 bridgehead atoms. The lowest BCUT2D eigenvalue weighted by molar-refractivity contribution is 0.244. The maximum Gasteiger partial charge on any atom is 0.137 e. The summed E-state index contributed by atoms with van der Waals surface area (Å²) in [5.74, 6) is 1.50. The van der Waals surface area contributed by atoms with Crippen molar-refractivity contribution < 1.29 is 9.47 Å². The van der Waals surface area contributed by atoms with Crippen LogP contribution < -0.4 is 9.47 Å². The van der Waals surface area contributed by atoms with Crippen molar-refractivity contribution in [3.63, 3.8) is 0 Å². The predicted molar refractivity (Wildman–Crippen MR) is 103 cm³/mol. The predicted octanol–water partition coefficient (Wildman–Crippen LogP) is 6.87. The minimum Gasteiger partial charge on any atom is -0.490 e. The van der Waals surface area contributed by atoms with Gasteiger partial charge in [-0.25, -0.2) is 0 Å². The van der Waals surface area contributed by atoms with Gasteiger partial charge in [-0.1, -0.05) is 47.5 Å². The van der Waals surface area contributed by atoms with E-state index in [4.69, 9.17) is 32.7 Å². The molecular weight excluding hydrogens is 343 g/mol. The minimum absolute atomic E-state index is 0.0171. The van der Waals surface area contributed by atoms with E-state index in [0.717, 1.165) is 33.0 Å². The summed E-state index contributed by atoms with van der Waals surface area (Å²) in [7, 11) is 0. The average Bonchev–Trinajstić information content (AvgIpc) is 2.50. The molecule has 2 nitrogen and oxygen atoms in total. The van der Waals surface area contributed by atoms with Crippen LogP contribution in [0.15, 0.2) is 36.4 Å². The summed E-state index contributed by atoms with van der Waals surface area (Å²) in [5.41, 5.74) is 0. The van der Waals surface area contributed by atoms with Gasteiger partial charge in [0.1, 0.15) is 11.5 Å². The Hall–Kier alpha value is -1.64. The molecule has 0 aromatic heterocycles. The van der Waals surface area contributed by atoms with Crippen molar-refractivity contribution in [2.45, 2.75) is 39.9 Å². The molecule has 4 heteroatoms. The van der Waals surface area contributed by atoms with Crippen molar-refractivity contribution in [1.82, 2.24) is 0 Å². The highest BCUT2D eigenvalue weighted by Crippen LogP contribution is 2.48. The highest BCUT2D eigenvalue weighted by molar-refractivity contribution is 6.40. The zero-order chi connectivity index (χ0) is 17.4. The summed E-state index contributed by atoms with van der Waals surface area (Å²) in [6, 6.07) is 11.6. The summed E-state index contributed by atoms with van der Waals surface area (Å²) in [5, 5.41) is 4.81. The molecule has 0 amide bonds. The van der Waals surface area contributed by atoms with Crippen LogP contribution in [0.5, 0.6) is 11.5 Å². The van der Waals surface area contributed by atoms with Gasteiger partial charge in [0, 0.05) is 21.5 Å². The van der Waals surface area contributed by atoms with Gasteiger partial charge in [0.15, 0.2) is 0 Å². The smallest absolute Gasteiger partial charge is 0.137 e. The van der Waals surface area contributed by atoms with Crippen molar-refractivity contribution in [2.24, 2.45) is 0 Å². The van der Waals surface area contributed by atoms with Crippen LogP contribution >= 0.6 is 23.2 Å². The molecule has 3 aromatic rings. The van der Waals surface area contributed by atoms with E-state index in [-0.39, 0.29) is 12.2 Å². The van der Waals surface area contributed by atoms with E-state index in [1.165, 1.54) is 0 Å². The topological polar surface area (TPSA) is 18.5 Å². The minimum atomic E-state index is 0.0171. The van der Waals surface area contributed by atoms with Gasteiger partial charge in [-0.2, -0.15) is 0 Å². The molecule has 0 saturated carbocycles. The first-order valence-electron chi connectivity index (χ1n) is 8.06. The molecule has 0 unspecified atom stereocenters. The molecule has 0 aliphatic heterocycles. The Kier molecular flexibility index (Phi) is 4.80. The van der Waals surface area contributed by atoms with Gasteiger partial charge < -0.3 is 9.47 Å². The Morgan fingerprint density at radius 1 is 0.667 bits per heavy atom. The van der Waals surface area contributed by atoms with Crippen molar-refractivity contribution in [1.29, 1.82) is 0 Å². The van der Waals surface area contributed by atoms with Crippen LogP contribution in [0.3, 0.4) is 0 Å². The number of hydrogen-bond acceptors (Lipinski definition) is 2. The number of rotatable bonds is 4. The Morgan fingerprint density at radius 2 is 1.04 bits per heavy atom. The lowest BCUT2D eigenvalue weighted by Crippen LogP contribution is -2.09. The standard InChI is InChI=1S/C20H20Cl2O2/c1-11(2)23-19-13-7-5-10-16(22)18(13)20(24-12(3)4)14-8-6-9-15(21)17(14)19/h5-12H,1-4H3. The molecule has 0 atom stereocenters. The molecule has 0 fully saturated rings. The molecule has 3 aromatic carbocycles. The number of benzene rings is 3. The summed E-state index contributed by atoms with van der Waals surface area (Å²) in [6.07, 6.45) is 0.0343. The van der Waals surface area contributed by atoms with Gasteiger partial charge in [0.05, 0.1) is 22.3 Å². The quantitative estimate of drug-likeness (QED) is 0.471. The van der Waals surface area contributed by atoms with Crippen LogP contribution in [-0.2, 0) is 0 Å². The summed E-state index contributed by atoms with van der Waals surface area (Å²) >= 11 is 13.1. The lowest BCUT2D eigenvalue weighted by Gasteiger charge is -2.21. The van der Waals surface area contributed by atoms with Crippen molar-refractivity contribution in [3.05, 3.63) is 46.4 Å². The fraction of sp³-hybridized carbons (Fsp3) is 0.300. The third-order valence-electron chi connectivity index (χ3n) is 3.68. The third-order valence-corrected chi connectivity index (χ3v) is 4.31. The zero-order valence-corrected chi connectivity index (χ0v) is 15.7. The van der Waals surface area contributed by atoms with Gasteiger partial charge in [-0.05, 0) is 39.8 Å². The molecule has 0 spiro atoms.